The van der Waals surface area contributed by atoms with Gasteiger partial charge in [-0.2, -0.15) is 5.26 Å². The normalized spacial score (nSPS) is 9.89. The SMILES string of the molecule is Cc1cccc(Nc2ccc(C#N)cc2Br)c1Cl. The van der Waals surface area contributed by atoms with Gasteiger partial charge in [-0.15, -0.1) is 0 Å². The average molecular weight is 322 g/mol. The van der Waals surface area contributed by atoms with Gasteiger partial charge >= 0.3 is 0 Å². The molecule has 0 aliphatic heterocycles. The Labute approximate surface area is 119 Å². The molecule has 0 aliphatic carbocycles. The average Bonchev–Trinajstić information content (AvgIpc) is 2.37. The number of anilines is 2. The summed E-state index contributed by atoms with van der Waals surface area (Å²) in [6.07, 6.45) is 0. The molecule has 1 N–H and O–H groups in total. The van der Waals surface area contributed by atoms with Crippen LogP contribution in [0.25, 0.3) is 0 Å². The summed E-state index contributed by atoms with van der Waals surface area (Å²) in [4.78, 5) is 0. The molecule has 0 fully saturated rings. The van der Waals surface area contributed by atoms with Gasteiger partial charge in [-0.25, -0.2) is 0 Å². The molecule has 2 rings (SSSR count). The van der Waals surface area contributed by atoms with Crippen molar-refractivity contribution >= 4 is 38.9 Å². The zero-order valence-electron chi connectivity index (χ0n) is 9.67. The molecule has 2 aromatic carbocycles. The summed E-state index contributed by atoms with van der Waals surface area (Å²) in [5, 5.41) is 12.8. The van der Waals surface area contributed by atoms with Crippen molar-refractivity contribution < 1.29 is 0 Å². The zero-order chi connectivity index (χ0) is 13.1. The van der Waals surface area contributed by atoms with Crippen LogP contribution in [0.4, 0.5) is 11.4 Å². The van der Waals surface area contributed by atoms with E-state index in [1.807, 2.05) is 31.2 Å². The van der Waals surface area contributed by atoms with Crippen molar-refractivity contribution in [1.29, 1.82) is 5.26 Å². The van der Waals surface area contributed by atoms with Crippen molar-refractivity contribution in [3.8, 4) is 6.07 Å². The number of aryl methyl sites for hydroxylation is 1. The predicted molar refractivity (Wildman–Crippen MR) is 78.3 cm³/mol. The number of nitrogens with zero attached hydrogens (tertiary/aromatic N) is 1. The van der Waals surface area contributed by atoms with Gasteiger partial charge in [-0.3, -0.25) is 0 Å². The van der Waals surface area contributed by atoms with E-state index in [1.165, 1.54) is 0 Å². The van der Waals surface area contributed by atoms with Crippen molar-refractivity contribution in [3.63, 3.8) is 0 Å². The minimum atomic E-state index is 0.614. The van der Waals surface area contributed by atoms with Gasteiger partial charge in [0, 0.05) is 4.47 Å². The van der Waals surface area contributed by atoms with Crippen molar-refractivity contribution in [2.24, 2.45) is 0 Å². The quantitative estimate of drug-likeness (QED) is 0.842. The maximum absolute atomic E-state index is 8.81. The van der Waals surface area contributed by atoms with E-state index in [9.17, 15) is 0 Å². The molecule has 0 unspecified atom stereocenters. The highest BCUT2D eigenvalue weighted by atomic mass is 79.9. The molecule has 4 heteroatoms. The molecule has 2 nitrogen and oxygen atoms in total. The lowest BCUT2D eigenvalue weighted by atomic mass is 10.2. The topological polar surface area (TPSA) is 35.8 Å². The smallest absolute Gasteiger partial charge is 0.0992 e. The van der Waals surface area contributed by atoms with E-state index < -0.39 is 0 Å². The Hall–Kier alpha value is -1.50. The van der Waals surface area contributed by atoms with Crippen molar-refractivity contribution in [2.75, 3.05) is 5.32 Å². The molecule has 2 aromatic rings. The molecule has 0 saturated carbocycles. The molecule has 18 heavy (non-hydrogen) atoms. The molecule has 0 atom stereocenters. The standard InChI is InChI=1S/C14H10BrClN2/c1-9-3-2-4-13(14(9)16)18-12-6-5-10(8-17)7-11(12)15/h2-7,18H,1H3. The number of hydrogen-bond donors (Lipinski definition) is 1. The maximum atomic E-state index is 8.81. The third kappa shape index (κ3) is 2.66. The molecule has 0 radical (unpaired) electrons. The fourth-order valence-electron chi connectivity index (χ4n) is 1.58. The van der Waals surface area contributed by atoms with Crippen LogP contribution in [0.15, 0.2) is 40.9 Å². The fourth-order valence-corrected chi connectivity index (χ4v) is 2.23. The lowest BCUT2D eigenvalue weighted by Gasteiger charge is -2.11. The predicted octanol–water partition coefficient (Wildman–Crippen LogP) is 5.03. The first-order valence-corrected chi connectivity index (χ1v) is 6.50. The monoisotopic (exact) mass is 320 g/mol. The Morgan fingerprint density at radius 3 is 2.67 bits per heavy atom. The highest BCUT2D eigenvalue weighted by molar-refractivity contribution is 9.10. The molecule has 0 aromatic heterocycles. The van der Waals surface area contributed by atoms with Crippen LogP contribution < -0.4 is 5.32 Å². The number of hydrogen-bond acceptors (Lipinski definition) is 2. The van der Waals surface area contributed by atoms with E-state index in [-0.39, 0.29) is 0 Å². The summed E-state index contributed by atoms with van der Waals surface area (Å²) in [6.45, 7) is 1.96. The van der Waals surface area contributed by atoms with Gasteiger partial charge in [0.25, 0.3) is 0 Å². The van der Waals surface area contributed by atoms with Gasteiger partial charge in [0.1, 0.15) is 0 Å². The first-order valence-electron chi connectivity index (χ1n) is 5.33. The third-order valence-electron chi connectivity index (χ3n) is 2.56. The van der Waals surface area contributed by atoms with Crippen LogP contribution in [-0.2, 0) is 0 Å². The van der Waals surface area contributed by atoms with E-state index in [0.29, 0.717) is 10.6 Å². The Balaban J connectivity index is 2.35. The van der Waals surface area contributed by atoms with Crippen LogP contribution in [-0.4, -0.2) is 0 Å². The molecule has 90 valence electrons. The van der Waals surface area contributed by atoms with Gasteiger partial charge < -0.3 is 5.32 Å². The molecule has 0 saturated heterocycles. The largest absolute Gasteiger partial charge is 0.353 e. The van der Waals surface area contributed by atoms with E-state index in [4.69, 9.17) is 16.9 Å². The molecule has 0 heterocycles. The second-order valence-corrected chi connectivity index (χ2v) is 5.10. The molecule has 0 bridgehead atoms. The highest BCUT2D eigenvalue weighted by Gasteiger charge is 2.06. The molecular weight excluding hydrogens is 312 g/mol. The van der Waals surface area contributed by atoms with Crippen LogP contribution in [0.3, 0.4) is 0 Å². The van der Waals surface area contributed by atoms with E-state index in [0.717, 1.165) is 21.4 Å². The van der Waals surface area contributed by atoms with E-state index >= 15 is 0 Å². The van der Waals surface area contributed by atoms with Gasteiger partial charge in [0.15, 0.2) is 0 Å². The number of benzene rings is 2. The Morgan fingerprint density at radius 2 is 2.00 bits per heavy atom. The summed E-state index contributed by atoms with van der Waals surface area (Å²) < 4.78 is 0.833. The van der Waals surface area contributed by atoms with Crippen LogP contribution >= 0.6 is 27.5 Å². The summed E-state index contributed by atoms with van der Waals surface area (Å²) in [5.41, 5.74) is 3.36. The second-order valence-electron chi connectivity index (χ2n) is 3.87. The van der Waals surface area contributed by atoms with Crippen molar-refractivity contribution in [1.82, 2.24) is 0 Å². The van der Waals surface area contributed by atoms with E-state index in [2.05, 4.69) is 27.3 Å². The van der Waals surface area contributed by atoms with Crippen LogP contribution in [0, 0.1) is 18.3 Å². The Kier molecular flexibility index (Phi) is 3.90. The minimum Gasteiger partial charge on any atom is -0.353 e. The molecular formula is C14H10BrClN2. The summed E-state index contributed by atoms with van der Waals surface area (Å²) in [6, 6.07) is 13.3. The van der Waals surface area contributed by atoms with Gasteiger partial charge in [-0.05, 0) is 52.7 Å². The van der Waals surface area contributed by atoms with Crippen molar-refractivity contribution in [2.45, 2.75) is 6.92 Å². The molecule has 0 spiro atoms. The summed E-state index contributed by atoms with van der Waals surface area (Å²) >= 11 is 9.66. The Bertz CT molecular complexity index is 632. The first-order chi connectivity index (χ1) is 8.61. The van der Waals surface area contributed by atoms with Gasteiger partial charge in [0.2, 0.25) is 0 Å². The number of nitriles is 1. The lowest BCUT2D eigenvalue weighted by Crippen LogP contribution is -1.93. The third-order valence-corrected chi connectivity index (χ3v) is 3.72. The minimum absolute atomic E-state index is 0.614. The highest BCUT2D eigenvalue weighted by Crippen LogP contribution is 2.31. The van der Waals surface area contributed by atoms with Crippen LogP contribution in [0.1, 0.15) is 11.1 Å². The summed E-state index contributed by atoms with van der Waals surface area (Å²) in [5.74, 6) is 0. The fraction of sp³-hybridized carbons (Fsp3) is 0.0714. The van der Waals surface area contributed by atoms with Gasteiger partial charge in [0.05, 0.1) is 28.0 Å². The Morgan fingerprint density at radius 1 is 1.22 bits per heavy atom. The van der Waals surface area contributed by atoms with Crippen molar-refractivity contribution in [3.05, 3.63) is 57.0 Å². The molecule has 0 amide bonds. The zero-order valence-corrected chi connectivity index (χ0v) is 12.0. The maximum Gasteiger partial charge on any atom is 0.0992 e. The van der Waals surface area contributed by atoms with E-state index in [1.54, 1.807) is 12.1 Å². The van der Waals surface area contributed by atoms with Gasteiger partial charge in [-0.1, -0.05) is 23.7 Å². The van der Waals surface area contributed by atoms with Crippen LogP contribution in [0.2, 0.25) is 5.02 Å². The number of nitrogens with one attached hydrogen (secondary N) is 1. The molecule has 0 aliphatic rings. The lowest BCUT2D eigenvalue weighted by molar-refractivity contribution is 1.43. The number of halogens is 2. The van der Waals surface area contributed by atoms with Crippen LogP contribution in [0.5, 0.6) is 0 Å². The second kappa shape index (κ2) is 5.43. The number of rotatable bonds is 2. The summed E-state index contributed by atoms with van der Waals surface area (Å²) in [7, 11) is 0. The first kappa shape index (κ1) is 12.9.